The van der Waals surface area contributed by atoms with Crippen molar-refractivity contribution in [3.63, 3.8) is 0 Å². The van der Waals surface area contributed by atoms with E-state index in [9.17, 15) is 0 Å². The Morgan fingerprint density at radius 3 is 2.94 bits per heavy atom. The van der Waals surface area contributed by atoms with Crippen LogP contribution in [-0.4, -0.2) is 29.7 Å². The van der Waals surface area contributed by atoms with E-state index in [1.165, 1.54) is 6.33 Å². The molecule has 6 nitrogen and oxygen atoms in total. The van der Waals surface area contributed by atoms with E-state index in [0.29, 0.717) is 36.4 Å². The van der Waals surface area contributed by atoms with E-state index in [1.54, 1.807) is 7.11 Å². The molecule has 0 amide bonds. The highest BCUT2D eigenvalue weighted by atomic mass is 16.5. The second-order valence-corrected chi connectivity index (χ2v) is 3.95. The van der Waals surface area contributed by atoms with Gasteiger partial charge in [-0.15, -0.1) is 0 Å². The predicted molar refractivity (Wildman–Crippen MR) is 63.6 cm³/mol. The summed E-state index contributed by atoms with van der Waals surface area (Å²) in [5.41, 5.74) is 5.75. The number of nitrogens with two attached hydrogens (primary N) is 1. The van der Waals surface area contributed by atoms with E-state index in [4.69, 9.17) is 15.7 Å². The van der Waals surface area contributed by atoms with Gasteiger partial charge < -0.3 is 15.4 Å². The lowest BCUT2D eigenvalue weighted by Crippen LogP contribution is -2.28. The largest absolute Gasteiger partial charge is 0.490 e. The summed E-state index contributed by atoms with van der Waals surface area (Å²) in [6.07, 6.45) is 4.13. The zero-order valence-electron chi connectivity index (χ0n) is 9.76. The van der Waals surface area contributed by atoms with Crippen LogP contribution in [0.3, 0.4) is 0 Å². The van der Waals surface area contributed by atoms with Crippen molar-refractivity contribution in [3.8, 4) is 11.8 Å². The van der Waals surface area contributed by atoms with Gasteiger partial charge in [0.25, 0.3) is 0 Å². The molecule has 0 unspecified atom stereocenters. The molecule has 0 radical (unpaired) electrons. The molecule has 1 aliphatic carbocycles. The Balaban J connectivity index is 2.28. The average Bonchev–Trinajstić information content (AvgIpc) is 3.14. The van der Waals surface area contributed by atoms with Crippen LogP contribution in [0.5, 0.6) is 5.75 Å². The first-order valence-corrected chi connectivity index (χ1v) is 5.56. The highest BCUT2D eigenvalue weighted by molar-refractivity contribution is 5.63. The summed E-state index contributed by atoms with van der Waals surface area (Å²) >= 11 is 0. The van der Waals surface area contributed by atoms with Crippen LogP contribution in [0.1, 0.15) is 19.3 Å². The quantitative estimate of drug-likeness (QED) is 0.814. The molecule has 1 aromatic heterocycles. The van der Waals surface area contributed by atoms with Gasteiger partial charge in [-0.25, -0.2) is 9.97 Å². The Morgan fingerprint density at radius 2 is 2.35 bits per heavy atom. The third-order valence-electron chi connectivity index (χ3n) is 2.74. The summed E-state index contributed by atoms with van der Waals surface area (Å²) in [5.74, 6) is 1.52. The van der Waals surface area contributed by atoms with Crippen LogP contribution >= 0.6 is 0 Å². The van der Waals surface area contributed by atoms with Gasteiger partial charge in [-0.3, -0.25) is 0 Å². The van der Waals surface area contributed by atoms with Gasteiger partial charge >= 0.3 is 0 Å². The lowest BCUT2D eigenvalue weighted by Gasteiger charge is -2.24. The fourth-order valence-electron chi connectivity index (χ4n) is 1.80. The molecule has 17 heavy (non-hydrogen) atoms. The molecule has 90 valence electrons. The lowest BCUT2D eigenvalue weighted by atomic mass is 10.3. The molecule has 0 spiro atoms. The fourth-order valence-corrected chi connectivity index (χ4v) is 1.80. The summed E-state index contributed by atoms with van der Waals surface area (Å²) in [6.45, 7) is 0.647. The van der Waals surface area contributed by atoms with Gasteiger partial charge in [-0.2, -0.15) is 5.26 Å². The molecule has 2 rings (SSSR count). The minimum absolute atomic E-state index is 0.333. The zero-order valence-corrected chi connectivity index (χ0v) is 9.76. The van der Waals surface area contributed by atoms with Gasteiger partial charge in [0.1, 0.15) is 6.33 Å². The third kappa shape index (κ3) is 2.38. The summed E-state index contributed by atoms with van der Waals surface area (Å²) in [6, 6.07) is 2.60. The van der Waals surface area contributed by atoms with Crippen molar-refractivity contribution in [2.75, 3.05) is 24.3 Å². The smallest absolute Gasteiger partial charge is 0.204 e. The first-order valence-electron chi connectivity index (χ1n) is 5.56. The molecule has 1 saturated carbocycles. The molecule has 1 fully saturated rings. The fraction of sp³-hybridized carbons (Fsp3) is 0.545. The molecule has 6 heteroatoms. The maximum Gasteiger partial charge on any atom is 0.204 e. The molecule has 1 aromatic rings. The Kier molecular flexibility index (Phi) is 3.28. The number of rotatable bonds is 5. The van der Waals surface area contributed by atoms with Crippen molar-refractivity contribution in [3.05, 3.63) is 6.33 Å². The molecule has 0 aliphatic heterocycles. The molecular weight excluding hydrogens is 218 g/mol. The number of nitrogens with zero attached hydrogens (tertiary/aromatic N) is 4. The summed E-state index contributed by atoms with van der Waals surface area (Å²) < 4.78 is 5.24. The first-order chi connectivity index (χ1) is 8.27. The van der Waals surface area contributed by atoms with E-state index < -0.39 is 0 Å². The molecule has 0 atom stereocenters. The maximum atomic E-state index is 8.68. The van der Waals surface area contributed by atoms with Gasteiger partial charge in [-0.1, -0.05) is 0 Å². The normalized spacial score (nSPS) is 14.1. The van der Waals surface area contributed by atoms with Gasteiger partial charge in [0, 0.05) is 12.6 Å². The number of nitriles is 1. The molecule has 0 aromatic carbocycles. The predicted octanol–water partition coefficient (Wildman–Crippen LogP) is 0.950. The van der Waals surface area contributed by atoms with Crippen molar-refractivity contribution in [1.29, 1.82) is 5.26 Å². The number of hydrogen-bond donors (Lipinski definition) is 1. The Bertz CT molecular complexity index is 438. The van der Waals surface area contributed by atoms with Crippen LogP contribution in [0.25, 0.3) is 0 Å². The average molecular weight is 233 g/mol. The molecule has 0 saturated heterocycles. The van der Waals surface area contributed by atoms with Gasteiger partial charge in [-0.05, 0) is 12.8 Å². The molecule has 0 bridgehead atoms. The SMILES string of the molecule is COc1c(N)ncnc1N(CCC#N)C1CC1. The van der Waals surface area contributed by atoms with Crippen molar-refractivity contribution < 1.29 is 4.74 Å². The number of nitrogen functional groups attached to an aromatic ring is 1. The number of methoxy groups -OCH3 is 1. The summed E-state index contributed by atoms with van der Waals surface area (Å²) in [4.78, 5) is 10.2. The van der Waals surface area contributed by atoms with Crippen LogP contribution in [0, 0.1) is 11.3 Å². The second kappa shape index (κ2) is 4.87. The van der Waals surface area contributed by atoms with Crippen molar-refractivity contribution in [2.24, 2.45) is 0 Å². The van der Waals surface area contributed by atoms with E-state index >= 15 is 0 Å². The lowest BCUT2D eigenvalue weighted by molar-refractivity contribution is 0.412. The van der Waals surface area contributed by atoms with Crippen molar-refractivity contribution >= 4 is 11.6 Å². The van der Waals surface area contributed by atoms with Crippen LogP contribution in [0.2, 0.25) is 0 Å². The van der Waals surface area contributed by atoms with Gasteiger partial charge in [0.05, 0.1) is 19.6 Å². The minimum atomic E-state index is 0.333. The Morgan fingerprint density at radius 1 is 1.59 bits per heavy atom. The third-order valence-corrected chi connectivity index (χ3v) is 2.74. The monoisotopic (exact) mass is 233 g/mol. The second-order valence-electron chi connectivity index (χ2n) is 3.95. The molecule has 1 heterocycles. The highest BCUT2D eigenvalue weighted by Crippen LogP contribution is 2.37. The van der Waals surface area contributed by atoms with Crippen LogP contribution in [0.4, 0.5) is 11.6 Å². The van der Waals surface area contributed by atoms with E-state index in [2.05, 4.69) is 20.9 Å². The standard InChI is InChI=1S/C11H15N5O/c1-17-9-10(13)14-7-15-11(9)16(6-2-5-12)8-3-4-8/h7-8H,2-4,6H2,1H3,(H2,13,14,15). The van der Waals surface area contributed by atoms with Crippen molar-refractivity contribution in [1.82, 2.24) is 9.97 Å². The van der Waals surface area contributed by atoms with Gasteiger partial charge in [0.15, 0.2) is 11.6 Å². The van der Waals surface area contributed by atoms with Crippen molar-refractivity contribution in [2.45, 2.75) is 25.3 Å². The van der Waals surface area contributed by atoms with Crippen LogP contribution in [0.15, 0.2) is 6.33 Å². The molecule has 1 aliphatic rings. The summed E-state index contributed by atoms with van der Waals surface area (Å²) in [5, 5.41) is 8.68. The van der Waals surface area contributed by atoms with Gasteiger partial charge in [0.2, 0.25) is 5.75 Å². The zero-order chi connectivity index (χ0) is 12.3. The van der Waals surface area contributed by atoms with Crippen LogP contribution < -0.4 is 15.4 Å². The van der Waals surface area contributed by atoms with Crippen LogP contribution in [-0.2, 0) is 0 Å². The summed E-state index contributed by atoms with van der Waals surface area (Å²) in [7, 11) is 1.55. The van der Waals surface area contributed by atoms with E-state index in [0.717, 1.165) is 12.8 Å². The Labute approximate surface area is 100 Å². The Hall–Kier alpha value is -2.03. The first kappa shape index (κ1) is 11.5. The number of hydrogen-bond acceptors (Lipinski definition) is 6. The molecule has 2 N–H and O–H groups in total. The maximum absolute atomic E-state index is 8.68. The topological polar surface area (TPSA) is 88.1 Å². The molecular formula is C11H15N5O. The minimum Gasteiger partial charge on any atom is -0.490 e. The number of anilines is 2. The number of aromatic nitrogens is 2. The number of ether oxygens (including phenoxy) is 1. The van der Waals surface area contributed by atoms with E-state index in [-0.39, 0.29) is 0 Å². The van der Waals surface area contributed by atoms with E-state index in [1.807, 2.05) is 0 Å². The highest BCUT2D eigenvalue weighted by Gasteiger charge is 2.32.